The minimum absolute atomic E-state index is 0.0133. The van der Waals surface area contributed by atoms with Crippen LogP contribution in [0.2, 0.25) is 0 Å². The van der Waals surface area contributed by atoms with Crippen molar-refractivity contribution >= 4 is 17.8 Å². The van der Waals surface area contributed by atoms with Crippen molar-refractivity contribution in [3.05, 3.63) is 29.8 Å². The molecule has 1 atom stereocenters. The number of likely N-dealkylation sites (tertiary alicyclic amines) is 1. The van der Waals surface area contributed by atoms with Crippen molar-refractivity contribution < 1.29 is 9.53 Å². The van der Waals surface area contributed by atoms with E-state index in [2.05, 4.69) is 30.6 Å². The second-order valence-electron chi connectivity index (χ2n) is 5.59. The molecule has 1 unspecified atom stereocenters. The van der Waals surface area contributed by atoms with Crippen molar-refractivity contribution in [1.82, 2.24) is 10.2 Å². The Morgan fingerprint density at radius 3 is 3.14 bits per heavy atom. The summed E-state index contributed by atoms with van der Waals surface area (Å²) >= 11 is 1.71. The lowest BCUT2D eigenvalue weighted by atomic mass is 10.1. The monoisotopic (exact) mass is 322 g/mol. The standard InChI is InChI=1S/C17H26N2O2S/c1-3-10-21-15-7-5-9-19(13-15)17(20)18-12-14-6-4-8-16(11-14)22-2/h4,6,8,11,15H,3,5,7,9-10,12-13H2,1-2H3,(H,18,20). The molecule has 2 amide bonds. The molecule has 2 rings (SSSR count). The fraction of sp³-hybridized carbons (Fsp3) is 0.588. The van der Waals surface area contributed by atoms with Gasteiger partial charge in [0.2, 0.25) is 0 Å². The third-order valence-electron chi connectivity index (χ3n) is 3.80. The fourth-order valence-corrected chi connectivity index (χ4v) is 3.10. The van der Waals surface area contributed by atoms with Gasteiger partial charge in [0.15, 0.2) is 0 Å². The molecule has 1 N–H and O–H groups in total. The largest absolute Gasteiger partial charge is 0.376 e. The molecule has 1 aromatic carbocycles. The Hall–Kier alpha value is -1.20. The Morgan fingerprint density at radius 2 is 2.36 bits per heavy atom. The van der Waals surface area contributed by atoms with Gasteiger partial charge in [-0.2, -0.15) is 0 Å². The number of hydrogen-bond acceptors (Lipinski definition) is 3. The average molecular weight is 322 g/mol. The maximum absolute atomic E-state index is 12.3. The maximum atomic E-state index is 12.3. The predicted octanol–water partition coefficient (Wildman–Crippen LogP) is 3.51. The van der Waals surface area contributed by atoms with Crippen LogP contribution < -0.4 is 5.32 Å². The maximum Gasteiger partial charge on any atom is 0.317 e. The van der Waals surface area contributed by atoms with Crippen molar-refractivity contribution in [1.29, 1.82) is 0 Å². The van der Waals surface area contributed by atoms with E-state index < -0.39 is 0 Å². The van der Waals surface area contributed by atoms with Gasteiger partial charge in [0.25, 0.3) is 0 Å². The number of urea groups is 1. The number of benzene rings is 1. The molecule has 4 nitrogen and oxygen atoms in total. The van der Waals surface area contributed by atoms with Crippen LogP contribution in [0, 0.1) is 0 Å². The first-order valence-electron chi connectivity index (χ1n) is 8.00. The van der Waals surface area contributed by atoms with Gasteiger partial charge in [-0.3, -0.25) is 0 Å². The van der Waals surface area contributed by atoms with Gasteiger partial charge in [-0.1, -0.05) is 19.1 Å². The van der Waals surface area contributed by atoms with Gasteiger partial charge >= 0.3 is 6.03 Å². The third-order valence-corrected chi connectivity index (χ3v) is 4.53. The number of nitrogens with one attached hydrogen (secondary N) is 1. The van der Waals surface area contributed by atoms with E-state index in [1.165, 1.54) is 4.90 Å². The zero-order chi connectivity index (χ0) is 15.8. The molecule has 5 heteroatoms. The minimum Gasteiger partial charge on any atom is -0.376 e. The number of carbonyl (C=O) groups excluding carboxylic acids is 1. The molecule has 1 saturated heterocycles. The van der Waals surface area contributed by atoms with Crippen LogP contribution in [0.5, 0.6) is 0 Å². The van der Waals surface area contributed by atoms with Crippen molar-refractivity contribution in [2.45, 2.75) is 43.7 Å². The van der Waals surface area contributed by atoms with Crippen LogP contribution in [0.1, 0.15) is 31.7 Å². The van der Waals surface area contributed by atoms with Gasteiger partial charge in [-0.05, 0) is 43.2 Å². The Kier molecular flexibility index (Phi) is 7.06. The lowest BCUT2D eigenvalue weighted by Gasteiger charge is -2.32. The second kappa shape index (κ2) is 9.06. The molecule has 0 saturated carbocycles. The molecule has 1 fully saturated rings. The molecular formula is C17H26N2O2S. The molecule has 0 aliphatic carbocycles. The summed E-state index contributed by atoms with van der Waals surface area (Å²) in [5.74, 6) is 0. The zero-order valence-electron chi connectivity index (χ0n) is 13.5. The average Bonchev–Trinajstić information content (AvgIpc) is 2.58. The number of piperidine rings is 1. The summed E-state index contributed by atoms with van der Waals surface area (Å²) in [5, 5.41) is 3.02. The van der Waals surface area contributed by atoms with E-state index in [1.807, 2.05) is 17.0 Å². The summed E-state index contributed by atoms with van der Waals surface area (Å²) in [6, 6.07) is 8.29. The molecule has 1 heterocycles. The molecule has 0 spiro atoms. The van der Waals surface area contributed by atoms with Crippen LogP contribution in [0.4, 0.5) is 4.79 Å². The van der Waals surface area contributed by atoms with Gasteiger partial charge in [-0.15, -0.1) is 11.8 Å². The summed E-state index contributed by atoms with van der Waals surface area (Å²) in [6.45, 7) is 4.99. The van der Waals surface area contributed by atoms with E-state index >= 15 is 0 Å². The Bertz CT molecular complexity index is 481. The Balaban J connectivity index is 1.81. The molecule has 22 heavy (non-hydrogen) atoms. The number of nitrogens with zero attached hydrogens (tertiary/aromatic N) is 1. The van der Waals surface area contributed by atoms with Crippen LogP contribution in [0.25, 0.3) is 0 Å². The van der Waals surface area contributed by atoms with Crippen molar-refractivity contribution in [3.63, 3.8) is 0 Å². The molecule has 0 radical (unpaired) electrons. The van der Waals surface area contributed by atoms with Crippen LogP contribution in [0.3, 0.4) is 0 Å². The lowest BCUT2D eigenvalue weighted by molar-refractivity contribution is 0.0100. The summed E-state index contributed by atoms with van der Waals surface area (Å²) in [7, 11) is 0. The van der Waals surface area contributed by atoms with Gasteiger partial charge in [-0.25, -0.2) is 4.79 Å². The van der Waals surface area contributed by atoms with Crippen LogP contribution in [0.15, 0.2) is 29.2 Å². The molecule has 1 aliphatic heterocycles. The first-order valence-corrected chi connectivity index (χ1v) is 9.22. The van der Waals surface area contributed by atoms with Crippen LogP contribution >= 0.6 is 11.8 Å². The fourth-order valence-electron chi connectivity index (χ4n) is 2.62. The SMILES string of the molecule is CCCOC1CCCN(C(=O)NCc2cccc(SC)c2)C1. The number of carbonyl (C=O) groups is 1. The normalized spacial score (nSPS) is 18.3. The predicted molar refractivity (Wildman–Crippen MR) is 91.3 cm³/mol. The number of thioether (sulfide) groups is 1. The number of amides is 2. The summed E-state index contributed by atoms with van der Waals surface area (Å²) in [5.41, 5.74) is 1.14. The van der Waals surface area contributed by atoms with Crippen LogP contribution in [-0.2, 0) is 11.3 Å². The first kappa shape index (κ1) is 17.2. The zero-order valence-corrected chi connectivity index (χ0v) is 14.3. The summed E-state index contributed by atoms with van der Waals surface area (Å²) < 4.78 is 5.78. The highest BCUT2D eigenvalue weighted by Gasteiger charge is 2.23. The quantitative estimate of drug-likeness (QED) is 0.815. The summed E-state index contributed by atoms with van der Waals surface area (Å²) in [6.07, 6.45) is 5.35. The van der Waals surface area contributed by atoms with Crippen molar-refractivity contribution in [2.75, 3.05) is 26.0 Å². The molecular weight excluding hydrogens is 296 g/mol. The number of rotatable bonds is 6. The molecule has 1 aliphatic rings. The van der Waals surface area contributed by atoms with E-state index in [0.717, 1.165) is 38.0 Å². The highest BCUT2D eigenvalue weighted by molar-refractivity contribution is 7.98. The van der Waals surface area contributed by atoms with Crippen LogP contribution in [-0.4, -0.2) is 43.0 Å². The van der Waals surface area contributed by atoms with E-state index in [4.69, 9.17) is 4.74 Å². The minimum atomic E-state index is 0.0133. The van der Waals surface area contributed by atoms with E-state index in [1.54, 1.807) is 11.8 Å². The van der Waals surface area contributed by atoms with Crippen molar-refractivity contribution in [3.8, 4) is 0 Å². The Morgan fingerprint density at radius 1 is 1.50 bits per heavy atom. The van der Waals surface area contributed by atoms with E-state index in [0.29, 0.717) is 13.1 Å². The smallest absolute Gasteiger partial charge is 0.317 e. The first-order chi connectivity index (χ1) is 10.7. The van der Waals surface area contributed by atoms with Gasteiger partial charge in [0.1, 0.15) is 0 Å². The molecule has 0 bridgehead atoms. The molecule has 0 aromatic heterocycles. The third kappa shape index (κ3) is 5.21. The number of hydrogen-bond donors (Lipinski definition) is 1. The van der Waals surface area contributed by atoms with E-state index in [9.17, 15) is 4.79 Å². The lowest BCUT2D eigenvalue weighted by Crippen LogP contribution is -2.47. The van der Waals surface area contributed by atoms with E-state index in [-0.39, 0.29) is 12.1 Å². The highest BCUT2D eigenvalue weighted by atomic mass is 32.2. The number of ether oxygens (including phenoxy) is 1. The second-order valence-corrected chi connectivity index (χ2v) is 6.47. The van der Waals surface area contributed by atoms with Gasteiger partial charge in [0.05, 0.1) is 6.10 Å². The molecule has 122 valence electrons. The van der Waals surface area contributed by atoms with Crippen molar-refractivity contribution in [2.24, 2.45) is 0 Å². The summed E-state index contributed by atoms with van der Waals surface area (Å²) in [4.78, 5) is 15.4. The molecule has 1 aromatic rings. The van der Waals surface area contributed by atoms with Gasteiger partial charge < -0.3 is 15.0 Å². The topological polar surface area (TPSA) is 41.6 Å². The van der Waals surface area contributed by atoms with Gasteiger partial charge in [0, 0.05) is 31.1 Å². The highest BCUT2D eigenvalue weighted by Crippen LogP contribution is 2.16. The Labute approximate surface area is 137 Å².